The fourth-order valence-corrected chi connectivity index (χ4v) is 2.23. The van der Waals surface area contributed by atoms with Gasteiger partial charge in [-0.15, -0.1) is 0 Å². The van der Waals surface area contributed by atoms with Crippen molar-refractivity contribution in [3.8, 4) is 0 Å². The number of hydrogen-bond donors (Lipinski definition) is 1. The molecular formula is C15H23N3O. The molecule has 0 aliphatic carbocycles. The van der Waals surface area contributed by atoms with E-state index in [1.807, 2.05) is 31.5 Å². The van der Waals surface area contributed by atoms with Gasteiger partial charge in [0.1, 0.15) is 23.4 Å². The Kier molecular flexibility index (Phi) is 4.80. The van der Waals surface area contributed by atoms with E-state index in [-0.39, 0.29) is 6.04 Å². The molecule has 4 nitrogen and oxygen atoms in total. The van der Waals surface area contributed by atoms with Crippen LogP contribution >= 0.6 is 0 Å². The van der Waals surface area contributed by atoms with E-state index in [0.717, 1.165) is 43.3 Å². The number of imidazole rings is 1. The number of nitrogens with zero attached hydrogens (tertiary/aromatic N) is 2. The van der Waals surface area contributed by atoms with Gasteiger partial charge in [0.25, 0.3) is 0 Å². The maximum Gasteiger partial charge on any atom is 0.133 e. The van der Waals surface area contributed by atoms with Crippen LogP contribution in [0.4, 0.5) is 0 Å². The van der Waals surface area contributed by atoms with Crippen molar-refractivity contribution in [3.05, 3.63) is 41.9 Å². The molecule has 1 N–H and O–H groups in total. The molecule has 0 amide bonds. The predicted molar refractivity (Wildman–Crippen MR) is 76.1 cm³/mol. The first-order valence-corrected chi connectivity index (χ1v) is 7.07. The molecule has 2 rings (SSSR count). The van der Waals surface area contributed by atoms with Crippen LogP contribution in [0, 0.1) is 6.92 Å². The van der Waals surface area contributed by atoms with Crippen LogP contribution in [0.5, 0.6) is 0 Å². The van der Waals surface area contributed by atoms with Gasteiger partial charge in [-0.2, -0.15) is 0 Å². The van der Waals surface area contributed by atoms with Crippen molar-refractivity contribution >= 4 is 0 Å². The molecule has 2 aromatic rings. The maximum absolute atomic E-state index is 5.78. The predicted octanol–water partition coefficient (Wildman–Crippen LogP) is 3.28. The highest BCUT2D eigenvalue weighted by atomic mass is 16.3. The van der Waals surface area contributed by atoms with Crippen LogP contribution in [-0.2, 0) is 6.54 Å². The molecule has 104 valence electrons. The molecule has 0 aliphatic heterocycles. The Morgan fingerprint density at radius 3 is 2.79 bits per heavy atom. The van der Waals surface area contributed by atoms with E-state index in [1.54, 1.807) is 0 Å². The van der Waals surface area contributed by atoms with Crippen LogP contribution < -0.4 is 5.32 Å². The van der Waals surface area contributed by atoms with Crippen molar-refractivity contribution in [2.45, 2.75) is 46.2 Å². The van der Waals surface area contributed by atoms with Crippen molar-refractivity contribution in [2.75, 3.05) is 6.54 Å². The Morgan fingerprint density at radius 2 is 2.16 bits per heavy atom. The zero-order valence-electron chi connectivity index (χ0n) is 12.0. The lowest BCUT2D eigenvalue weighted by Gasteiger charge is -2.17. The number of rotatable bonds is 7. The van der Waals surface area contributed by atoms with E-state index in [9.17, 15) is 0 Å². The molecule has 0 saturated heterocycles. The summed E-state index contributed by atoms with van der Waals surface area (Å²) in [5.74, 6) is 2.91. The Hall–Kier alpha value is -1.55. The number of hydrogen-bond acceptors (Lipinski definition) is 3. The first-order chi connectivity index (χ1) is 9.26. The van der Waals surface area contributed by atoms with Gasteiger partial charge in [0.05, 0.1) is 0 Å². The minimum Gasteiger partial charge on any atom is -0.464 e. The van der Waals surface area contributed by atoms with Crippen LogP contribution in [0.3, 0.4) is 0 Å². The Morgan fingerprint density at radius 1 is 1.32 bits per heavy atom. The van der Waals surface area contributed by atoms with E-state index >= 15 is 0 Å². The van der Waals surface area contributed by atoms with Crippen molar-refractivity contribution in [1.29, 1.82) is 0 Å². The summed E-state index contributed by atoms with van der Waals surface area (Å²) in [6.45, 7) is 8.24. The van der Waals surface area contributed by atoms with Crippen molar-refractivity contribution in [1.82, 2.24) is 14.9 Å². The lowest BCUT2D eigenvalue weighted by atomic mass is 10.2. The first-order valence-electron chi connectivity index (χ1n) is 7.07. The minimum atomic E-state index is 0.0372. The number of aromatic nitrogens is 2. The third-order valence-corrected chi connectivity index (χ3v) is 3.11. The number of aryl methyl sites for hydroxylation is 2. The van der Waals surface area contributed by atoms with Crippen LogP contribution in [0.25, 0.3) is 0 Å². The van der Waals surface area contributed by atoms with E-state index < -0.39 is 0 Å². The van der Waals surface area contributed by atoms with E-state index in [1.165, 1.54) is 0 Å². The second kappa shape index (κ2) is 6.57. The quantitative estimate of drug-likeness (QED) is 0.831. The fraction of sp³-hybridized carbons (Fsp3) is 0.533. The molecule has 1 atom stereocenters. The van der Waals surface area contributed by atoms with E-state index in [4.69, 9.17) is 4.42 Å². The largest absolute Gasteiger partial charge is 0.464 e. The summed E-state index contributed by atoms with van der Waals surface area (Å²) in [4.78, 5) is 4.51. The lowest BCUT2D eigenvalue weighted by Crippen LogP contribution is -2.26. The zero-order valence-corrected chi connectivity index (χ0v) is 12.0. The summed E-state index contributed by atoms with van der Waals surface area (Å²) in [5, 5.41) is 3.52. The smallest absolute Gasteiger partial charge is 0.133 e. The highest BCUT2D eigenvalue weighted by molar-refractivity contribution is 5.18. The SMILES string of the molecule is CCCNC(c1ccc(C)o1)c1nccn1CCC. The van der Waals surface area contributed by atoms with Crippen LogP contribution in [0.1, 0.15) is 50.1 Å². The highest BCUT2D eigenvalue weighted by Crippen LogP contribution is 2.23. The summed E-state index contributed by atoms with van der Waals surface area (Å²) >= 11 is 0. The summed E-state index contributed by atoms with van der Waals surface area (Å²) in [7, 11) is 0. The van der Waals surface area contributed by atoms with Crippen molar-refractivity contribution < 1.29 is 4.42 Å². The molecule has 0 spiro atoms. The van der Waals surface area contributed by atoms with Gasteiger partial charge in [0.15, 0.2) is 0 Å². The molecular weight excluding hydrogens is 238 g/mol. The van der Waals surface area contributed by atoms with Gasteiger partial charge in [-0.3, -0.25) is 0 Å². The van der Waals surface area contributed by atoms with Crippen LogP contribution in [-0.4, -0.2) is 16.1 Å². The van der Waals surface area contributed by atoms with Gasteiger partial charge in [-0.05, 0) is 38.4 Å². The second-order valence-corrected chi connectivity index (χ2v) is 4.81. The van der Waals surface area contributed by atoms with Crippen molar-refractivity contribution in [2.24, 2.45) is 0 Å². The molecule has 0 aromatic carbocycles. The third-order valence-electron chi connectivity index (χ3n) is 3.11. The molecule has 1 unspecified atom stereocenters. The van der Waals surface area contributed by atoms with E-state index in [2.05, 4.69) is 28.7 Å². The third kappa shape index (κ3) is 3.26. The van der Waals surface area contributed by atoms with Crippen molar-refractivity contribution in [3.63, 3.8) is 0 Å². The zero-order chi connectivity index (χ0) is 13.7. The topological polar surface area (TPSA) is 43.0 Å². The minimum absolute atomic E-state index is 0.0372. The van der Waals surface area contributed by atoms with Crippen LogP contribution in [0.2, 0.25) is 0 Å². The second-order valence-electron chi connectivity index (χ2n) is 4.81. The lowest BCUT2D eigenvalue weighted by molar-refractivity contribution is 0.412. The molecule has 0 aliphatic rings. The van der Waals surface area contributed by atoms with Gasteiger partial charge in [-0.25, -0.2) is 4.98 Å². The van der Waals surface area contributed by atoms with Gasteiger partial charge < -0.3 is 14.3 Å². The molecule has 0 fully saturated rings. The summed E-state index contributed by atoms with van der Waals surface area (Å²) in [6, 6.07) is 4.08. The van der Waals surface area contributed by atoms with E-state index in [0.29, 0.717) is 0 Å². The molecule has 0 radical (unpaired) electrons. The summed E-state index contributed by atoms with van der Waals surface area (Å²) < 4.78 is 7.98. The Bertz CT molecular complexity index is 501. The molecule has 4 heteroatoms. The summed E-state index contributed by atoms with van der Waals surface area (Å²) in [5.41, 5.74) is 0. The normalized spacial score (nSPS) is 12.8. The average molecular weight is 261 g/mol. The maximum atomic E-state index is 5.78. The van der Waals surface area contributed by atoms with Gasteiger partial charge in [0, 0.05) is 18.9 Å². The molecule has 0 bridgehead atoms. The standard InChI is InChI=1S/C15H23N3O/c1-4-8-16-14(13-7-6-12(3)19-13)15-17-9-11-18(15)10-5-2/h6-7,9,11,14,16H,4-5,8,10H2,1-3H3. The Labute approximate surface area is 114 Å². The average Bonchev–Trinajstić information content (AvgIpc) is 3.01. The monoisotopic (exact) mass is 261 g/mol. The molecule has 0 saturated carbocycles. The first kappa shape index (κ1) is 13.9. The number of nitrogens with one attached hydrogen (secondary N) is 1. The molecule has 19 heavy (non-hydrogen) atoms. The van der Waals surface area contributed by atoms with Gasteiger partial charge >= 0.3 is 0 Å². The molecule has 2 heterocycles. The molecule has 2 aromatic heterocycles. The van der Waals surface area contributed by atoms with Gasteiger partial charge in [-0.1, -0.05) is 13.8 Å². The number of furan rings is 1. The fourth-order valence-electron chi connectivity index (χ4n) is 2.23. The summed E-state index contributed by atoms with van der Waals surface area (Å²) in [6.07, 6.45) is 6.09. The van der Waals surface area contributed by atoms with Gasteiger partial charge in [0.2, 0.25) is 0 Å². The highest BCUT2D eigenvalue weighted by Gasteiger charge is 2.21. The van der Waals surface area contributed by atoms with Crippen LogP contribution in [0.15, 0.2) is 28.9 Å². The Balaban J connectivity index is 2.28.